The quantitative estimate of drug-likeness (QED) is 0.216. The molecule has 2 rings (SSSR count). The molecule has 0 saturated carbocycles. The van der Waals surface area contributed by atoms with E-state index >= 15 is 0 Å². The molecule has 0 bridgehead atoms. The van der Waals surface area contributed by atoms with E-state index in [9.17, 15) is 14.7 Å². The van der Waals surface area contributed by atoms with E-state index in [0.29, 0.717) is 6.54 Å². The Hall–Kier alpha value is -3.55. The molecule has 8 nitrogen and oxygen atoms in total. The van der Waals surface area contributed by atoms with Crippen molar-refractivity contribution in [1.29, 1.82) is 0 Å². The van der Waals surface area contributed by atoms with Crippen LogP contribution in [0.1, 0.15) is 35.6 Å². The predicted octanol–water partition coefficient (Wildman–Crippen LogP) is 1.45. The number of aliphatic imine (C=N–C) groups is 1. The van der Waals surface area contributed by atoms with Crippen LogP contribution < -0.4 is 22.1 Å². The van der Waals surface area contributed by atoms with E-state index in [1.165, 1.54) is 5.56 Å². The minimum atomic E-state index is -0.893. The molecular weight excluding hydrogens is 406 g/mol. The van der Waals surface area contributed by atoms with Gasteiger partial charge in [-0.25, -0.2) is 4.99 Å². The van der Waals surface area contributed by atoms with Gasteiger partial charge < -0.3 is 27.2 Å². The lowest BCUT2D eigenvalue weighted by atomic mass is 9.95. The summed E-state index contributed by atoms with van der Waals surface area (Å²) in [4.78, 5) is 29.3. The number of rotatable bonds is 10. The first kappa shape index (κ1) is 24.7. The third kappa shape index (κ3) is 7.61. The van der Waals surface area contributed by atoms with Gasteiger partial charge in [-0.2, -0.15) is 0 Å². The highest BCUT2D eigenvalue weighted by Gasteiger charge is 2.24. The van der Waals surface area contributed by atoms with Crippen LogP contribution in [0.5, 0.6) is 5.75 Å². The normalized spacial score (nSPS) is 12.5. The molecule has 2 unspecified atom stereocenters. The van der Waals surface area contributed by atoms with Gasteiger partial charge in [0.15, 0.2) is 5.96 Å². The zero-order valence-electron chi connectivity index (χ0n) is 18.9. The summed E-state index contributed by atoms with van der Waals surface area (Å²) >= 11 is 0. The average molecular weight is 440 g/mol. The Kier molecular flexibility index (Phi) is 9.07. The van der Waals surface area contributed by atoms with Crippen molar-refractivity contribution in [3.05, 3.63) is 64.7 Å². The third-order valence-electron chi connectivity index (χ3n) is 5.22. The van der Waals surface area contributed by atoms with Gasteiger partial charge in [0.1, 0.15) is 17.8 Å². The Morgan fingerprint density at radius 1 is 1.06 bits per heavy atom. The fraction of sp³-hybridized carbons (Fsp3) is 0.375. The van der Waals surface area contributed by atoms with E-state index in [0.717, 1.165) is 29.5 Å². The predicted molar refractivity (Wildman–Crippen MR) is 126 cm³/mol. The van der Waals surface area contributed by atoms with Crippen molar-refractivity contribution in [2.24, 2.45) is 16.5 Å². The number of benzene rings is 2. The number of aromatic hydroxyl groups is 1. The third-order valence-corrected chi connectivity index (χ3v) is 5.22. The van der Waals surface area contributed by atoms with Crippen molar-refractivity contribution in [1.82, 2.24) is 10.6 Å². The van der Waals surface area contributed by atoms with Gasteiger partial charge in [-0.05, 0) is 68.0 Å². The van der Waals surface area contributed by atoms with Crippen LogP contribution in [0.2, 0.25) is 0 Å². The number of nitrogens with one attached hydrogen (secondary N) is 2. The number of carbonyl (C=O) groups excluding carboxylic acids is 2. The second kappa shape index (κ2) is 11.7. The van der Waals surface area contributed by atoms with E-state index in [1.807, 2.05) is 44.2 Å². The Morgan fingerprint density at radius 2 is 1.69 bits per heavy atom. The molecular formula is C24H33N5O3. The van der Waals surface area contributed by atoms with Crippen LogP contribution >= 0.6 is 0 Å². The molecule has 0 fully saturated rings. The summed E-state index contributed by atoms with van der Waals surface area (Å²) in [5.74, 6) is -0.773. The largest absolute Gasteiger partial charge is 0.508 e. The van der Waals surface area contributed by atoms with Gasteiger partial charge in [0.05, 0.1) is 0 Å². The summed E-state index contributed by atoms with van der Waals surface area (Å²) in [6.45, 7) is 5.82. The lowest BCUT2D eigenvalue weighted by Gasteiger charge is -2.19. The van der Waals surface area contributed by atoms with Gasteiger partial charge in [0, 0.05) is 13.0 Å². The number of phenolic OH excluding ortho intramolecular Hbond substituents is 1. The Bertz CT molecular complexity index is 932. The molecule has 0 saturated heterocycles. The number of hydrogen-bond acceptors (Lipinski definition) is 4. The molecule has 0 heterocycles. The highest BCUT2D eigenvalue weighted by atomic mass is 16.3. The number of nitrogens with two attached hydrogens (primary N) is 2. The SMILES string of the molecule is Cc1cc(O)cc(C)c1CC(N=C(N)N)C(=O)NC(C)C(=O)NCCCc1ccccc1. The molecule has 2 amide bonds. The van der Waals surface area contributed by atoms with Crippen LogP contribution in [0, 0.1) is 13.8 Å². The first-order valence-electron chi connectivity index (χ1n) is 10.7. The fourth-order valence-corrected chi connectivity index (χ4v) is 3.54. The topological polar surface area (TPSA) is 143 Å². The summed E-state index contributed by atoms with van der Waals surface area (Å²) < 4.78 is 0. The first-order chi connectivity index (χ1) is 15.2. The standard InChI is InChI=1S/C24H33N5O3/c1-15-12-19(30)13-16(2)20(15)14-21(29-24(25)26)23(32)28-17(3)22(31)27-11-7-10-18-8-5-4-6-9-18/h4-6,8-9,12-13,17,21,30H,7,10-11,14H2,1-3H3,(H,27,31)(H,28,32)(H4,25,26,29). The molecule has 0 aliphatic heterocycles. The summed E-state index contributed by atoms with van der Waals surface area (Å²) in [5, 5.41) is 15.3. The summed E-state index contributed by atoms with van der Waals surface area (Å²) in [6, 6.07) is 11.6. The smallest absolute Gasteiger partial charge is 0.245 e. The van der Waals surface area contributed by atoms with Gasteiger partial charge in [-0.15, -0.1) is 0 Å². The van der Waals surface area contributed by atoms with Crippen LogP contribution in [-0.4, -0.2) is 41.5 Å². The second-order valence-electron chi connectivity index (χ2n) is 7.94. The minimum absolute atomic E-state index is 0.157. The molecule has 0 aliphatic carbocycles. The van der Waals surface area contributed by atoms with E-state index in [2.05, 4.69) is 15.6 Å². The van der Waals surface area contributed by atoms with Gasteiger partial charge >= 0.3 is 0 Å². The maximum absolute atomic E-state index is 12.8. The maximum Gasteiger partial charge on any atom is 0.245 e. The molecule has 2 aromatic rings. The summed E-state index contributed by atoms with van der Waals surface area (Å²) in [7, 11) is 0. The number of phenols is 1. The van der Waals surface area contributed by atoms with Gasteiger partial charge in [-0.1, -0.05) is 30.3 Å². The number of guanidine groups is 1. The van der Waals surface area contributed by atoms with E-state index in [-0.39, 0.29) is 24.0 Å². The van der Waals surface area contributed by atoms with Crippen molar-refractivity contribution in [3.63, 3.8) is 0 Å². The number of carbonyl (C=O) groups is 2. The second-order valence-corrected chi connectivity index (χ2v) is 7.94. The van der Waals surface area contributed by atoms with E-state index in [1.54, 1.807) is 19.1 Å². The van der Waals surface area contributed by atoms with E-state index in [4.69, 9.17) is 11.5 Å². The van der Waals surface area contributed by atoms with Gasteiger partial charge in [0.2, 0.25) is 11.8 Å². The van der Waals surface area contributed by atoms with Crippen molar-refractivity contribution in [2.75, 3.05) is 6.54 Å². The minimum Gasteiger partial charge on any atom is -0.508 e. The number of nitrogens with zero attached hydrogens (tertiary/aromatic N) is 1. The van der Waals surface area contributed by atoms with Gasteiger partial charge in [-0.3, -0.25) is 9.59 Å². The van der Waals surface area contributed by atoms with Crippen LogP contribution in [0.3, 0.4) is 0 Å². The highest BCUT2D eigenvalue weighted by molar-refractivity contribution is 5.91. The Labute approximate surface area is 189 Å². The van der Waals surface area contributed by atoms with Crippen LogP contribution in [0.25, 0.3) is 0 Å². The fourth-order valence-electron chi connectivity index (χ4n) is 3.54. The molecule has 2 aromatic carbocycles. The molecule has 8 heteroatoms. The lowest BCUT2D eigenvalue weighted by Crippen LogP contribution is -2.49. The van der Waals surface area contributed by atoms with Crippen LogP contribution in [0.4, 0.5) is 0 Å². The molecule has 172 valence electrons. The lowest BCUT2D eigenvalue weighted by molar-refractivity contribution is -0.129. The first-order valence-corrected chi connectivity index (χ1v) is 10.7. The zero-order chi connectivity index (χ0) is 23.7. The molecule has 0 aliphatic rings. The van der Waals surface area contributed by atoms with Crippen molar-refractivity contribution < 1.29 is 14.7 Å². The van der Waals surface area contributed by atoms with Gasteiger partial charge in [0.25, 0.3) is 0 Å². The monoisotopic (exact) mass is 439 g/mol. The van der Waals surface area contributed by atoms with Crippen molar-refractivity contribution >= 4 is 17.8 Å². The highest BCUT2D eigenvalue weighted by Crippen LogP contribution is 2.22. The number of hydrogen-bond donors (Lipinski definition) is 5. The molecule has 7 N–H and O–H groups in total. The van der Waals surface area contributed by atoms with Crippen molar-refractivity contribution in [3.8, 4) is 5.75 Å². The number of aryl methyl sites for hydroxylation is 3. The summed E-state index contributed by atoms with van der Waals surface area (Å²) in [6.07, 6.45) is 1.90. The van der Waals surface area contributed by atoms with Crippen LogP contribution in [0.15, 0.2) is 47.5 Å². The summed E-state index contributed by atoms with van der Waals surface area (Å²) in [5.41, 5.74) is 14.8. The van der Waals surface area contributed by atoms with E-state index < -0.39 is 18.0 Å². The molecule has 0 aromatic heterocycles. The molecule has 0 radical (unpaired) electrons. The zero-order valence-corrected chi connectivity index (χ0v) is 18.9. The van der Waals surface area contributed by atoms with Crippen molar-refractivity contribution in [2.45, 2.75) is 52.1 Å². The molecule has 2 atom stereocenters. The van der Waals surface area contributed by atoms with Crippen LogP contribution in [-0.2, 0) is 22.4 Å². The Balaban J connectivity index is 1.93. The average Bonchev–Trinajstić information content (AvgIpc) is 2.73. The Morgan fingerprint density at radius 3 is 2.28 bits per heavy atom. The number of amides is 2. The molecule has 32 heavy (non-hydrogen) atoms. The molecule has 0 spiro atoms. The maximum atomic E-state index is 12.8.